The number of hydrogen-bond donors (Lipinski definition) is 2. The number of benzene rings is 1. The number of rotatable bonds is 4. The second-order valence-electron chi connectivity index (χ2n) is 2.81. The number of carbonyl (C=O) groups is 1. The van der Waals surface area contributed by atoms with Gasteiger partial charge >= 0.3 is 35.0 Å². The van der Waals surface area contributed by atoms with Crippen LogP contribution in [0.15, 0.2) is 30.3 Å². The Bertz CT molecular complexity index is 291. The summed E-state index contributed by atoms with van der Waals surface area (Å²) in [6.07, 6.45) is 0.321. The Morgan fingerprint density at radius 2 is 1.87 bits per heavy atom. The van der Waals surface area contributed by atoms with Gasteiger partial charge in [0.15, 0.2) is 0 Å². The van der Waals surface area contributed by atoms with Crippen LogP contribution in [0.25, 0.3) is 0 Å². The third kappa shape index (κ3) is 9.81. The van der Waals surface area contributed by atoms with Gasteiger partial charge in [0.2, 0.25) is 0 Å². The molecule has 15 heavy (non-hydrogen) atoms. The van der Waals surface area contributed by atoms with E-state index in [1.54, 1.807) is 0 Å². The zero-order valence-corrected chi connectivity index (χ0v) is 10.5. The van der Waals surface area contributed by atoms with Crippen molar-refractivity contribution < 1.29 is 19.4 Å². The Morgan fingerprint density at radius 1 is 1.33 bits per heavy atom. The van der Waals surface area contributed by atoms with Crippen molar-refractivity contribution in [1.82, 2.24) is 0 Å². The van der Waals surface area contributed by atoms with Crippen molar-refractivity contribution in [2.75, 3.05) is 0 Å². The molecule has 78 valence electrons. The zero-order valence-electron chi connectivity index (χ0n) is 8.17. The summed E-state index contributed by atoms with van der Waals surface area (Å²) in [6, 6.07) is 10.1. The third-order valence-electron chi connectivity index (χ3n) is 1.70. The van der Waals surface area contributed by atoms with Gasteiger partial charge in [-0.2, -0.15) is 3.69 Å². The molecule has 0 atom stereocenters. The molecule has 0 aliphatic heterocycles. The molecule has 0 aliphatic carbocycles. The fraction of sp³-hybridized carbons (Fsp3) is 0.222. The van der Waals surface area contributed by atoms with Gasteiger partial charge < -0.3 is 10.00 Å². The average molecular weight is 238 g/mol. The molecule has 0 radical (unpaired) electrons. The molecule has 1 rings (SSSR count). The van der Waals surface area contributed by atoms with E-state index < -0.39 is 14.7 Å². The molecule has 0 fully saturated rings. The first kappa shape index (κ1) is 14.5. The first-order valence-electron chi connectivity index (χ1n) is 4.43. The molecule has 0 spiro atoms. The molecule has 0 bridgehead atoms. The minimum absolute atomic E-state index is 0.321. The fourth-order valence-corrected chi connectivity index (χ4v) is 2.58. The maximum Gasteiger partial charge on any atom is 0.409 e. The first-order chi connectivity index (χ1) is 7.20. The molecule has 6 heteroatoms. The lowest BCUT2D eigenvalue weighted by atomic mass is 10.4. The lowest BCUT2D eigenvalue weighted by molar-refractivity contribution is -0.136. The van der Waals surface area contributed by atoms with E-state index in [9.17, 15) is 4.79 Å². The molecule has 2 N–H and O–H groups in total. The SMILES string of the molecule is O=C(O)C[CH2][Mg][c]1ccccc1.O=PO. The molecular formula is C9H11MgO4P. The minimum atomic E-state index is -0.833. The highest BCUT2D eigenvalue weighted by Gasteiger charge is 2.01. The molecule has 0 amide bonds. The Morgan fingerprint density at radius 3 is 2.33 bits per heavy atom. The highest BCUT2D eigenvalue weighted by atomic mass is 31.1. The van der Waals surface area contributed by atoms with Gasteiger partial charge in [-0.05, 0) is 0 Å². The maximum atomic E-state index is 10.2. The quantitative estimate of drug-likeness (QED) is 0.608. The predicted molar refractivity (Wildman–Crippen MR) is 58.7 cm³/mol. The van der Waals surface area contributed by atoms with Crippen molar-refractivity contribution in [3.05, 3.63) is 30.3 Å². The molecule has 1 aromatic carbocycles. The van der Waals surface area contributed by atoms with Crippen LogP contribution in [0.5, 0.6) is 0 Å². The number of carboxylic acid groups (broad SMARTS) is 1. The highest BCUT2D eigenvalue weighted by molar-refractivity contribution is 7.16. The van der Waals surface area contributed by atoms with E-state index in [-0.39, 0.29) is 20.4 Å². The van der Waals surface area contributed by atoms with Gasteiger partial charge in [-0.3, -0.25) is 4.79 Å². The molecule has 0 aromatic heterocycles. The molecule has 4 nitrogen and oxygen atoms in total. The summed E-state index contributed by atoms with van der Waals surface area (Å²) in [5, 5.41) is 8.41. The van der Waals surface area contributed by atoms with Crippen LogP contribution in [0.3, 0.4) is 0 Å². The third-order valence-corrected chi connectivity index (χ3v) is 3.45. The van der Waals surface area contributed by atoms with Gasteiger partial charge in [-0.25, -0.2) is 4.57 Å². The van der Waals surface area contributed by atoms with E-state index in [1.807, 2.05) is 18.2 Å². The number of hydrogen-bond acceptors (Lipinski definition) is 2. The van der Waals surface area contributed by atoms with Crippen LogP contribution in [0.4, 0.5) is 0 Å². The molecule has 0 aliphatic rings. The monoisotopic (exact) mass is 238 g/mol. The van der Waals surface area contributed by atoms with Crippen molar-refractivity contribution in [2.24, 2.45) is 0 Å². The summed E-state index contributed by atoms with van der Waals surface area (Å²) >= 11 is -0.335. The Kier molecular flexibility index (Phi) is 9.72. The van der Waals surface area contributed by atoms with Crippen molar-refractivity contribution in [2.45, 2.75) is 11.0 Å². The lowest BCUT2D eigenvalue weighted by Gasteiger charge is -1.95. The summed E-state index contributed by atoms with van der Waals surface area (Å²) < 4.78 is 10.7. The van der Waals surface area contributed by atoms with Crippen molar-refractivity contribution in [1.29, 1.82) is 0 Å². The van der Waals surface area contributed by atoms with Crippen LogP contribution in [0.2, 0.25) is 4.55 Å². The summed E-state index contributed by atoms with van der Waals surface area (Å²) in [6.45, 7) is 0. The number of carboxylic acids is 1. The molecular weight excluding hydrogens is 227 g/mol. The smallest absolute Gasteiger partial charge is 0.409 e. The second-order valence-corrected chi connectivity index (χ2v) is 5.00. The molecule has 0 unspecified atom stereocenters. The standard InChI is InChI=1S/C6H5.C3H5O2.Mg.HO2P/c1-2-4-6-5-3-1;1-2-3(4)5;;1-3-2/h1-5H;1-2H2,(H,4,5);;(H,1,2). The number of aliphatic carboxylic acids is 1. The van der Waals surface area contributed by atoms with Crippen molar-refractivity contribution >= 4 is 38.7 Å². The van der Waals surface area contributed by atoms with Crippen LogP contribution in [-0.2, 0) is 9.36 Å². The van der Waals surface area contributed by atoms with Crippen molar-refractivity contribution in [3.8, 4) is 0 Å². The van der Waals surface area contributed by atoms with Crippen LogP contribution in [-0.4, -0.2) is 36.3 Å². The van der Waals surface area contributed by atoms with E-state index in [0.29, 0.717) is 6.42 Å². The second kappa shape index (κ2) is 10.0. The molecule has 0 saturated carbocycles. The summed E-state index contributed by atoms with van der Waals surface area (Å²) in [4.78, 5) is 17.2. The van der Waals surface area contributed by atoms with Gasteiger partial charge in [0.25, 0.3) is 0 Å². The van der Waals surface area contributed by atoms with Crippen molar-refractivity contribution in [3.63, 3.8) is 0 Å². The van der Waals surface area contributed by atoms with E-state index in [0.717, 1.165) is 4.55 Å². The Labute approximate surface area is 99.3 Å². The maximum absolute atomic E-state index is 10.2. The average Bonchev–Trinajstić information content (AvgIpc) is 2.20. The van der Waals surface area contributed by atoms with Gasteiger partial charge in [-0.1, -0.05) is 30.3 Å². The van der Waals surface area contributed by atoms with Crippen LogP contribution in [0.1, 0.15) is 6.42 Å². The van der Waals surface area contributed by atoms with Crippen LogP contribution < -0.4 is 3.69 Å². The first-order valence-corrected chi connectivity index (χ1v) is 6.90. The van der Waals surface area contributed by atoms with Crippen LogP contribution >= 0.6 is 8.69 Å². The summed E-state index contributed by atoms with van der Waals surface area (Å²) in [5.74, 6) is -0.682. The zero-order chi connectivity index (χ0) is 11.5. The minimum Gasteiger partial charge on any atom is -0.481 e. The van der Waals surface area contributed by atoms with Gasteiger partial charge in [0.1, 0.15) is 0 Å². The van der Waals surface area contributed by atoms with Gasteiger partial charge in [-0.15, -0.1) is 4.55 Å². The van der Waals surface area contributed by atoms with Crippen LogP contribution in [0, 0.1) is 0 Å². The van der Waals surface area contributed by atoms with Gasteiger partial charge in [0.05, 0.1) is 0 Å². The lowest BCUT2D eigenvalue weighted by Crippen LogP contribution is -2.13. The Balaban J connectivity index is 0.000000583. The largest absolute Gasteiger partial charge is 0.481 e. The van der Waals surface area contributed by atoms with E-state index in [4.69, 9.17) is 14.6 Å². The topological polar surface area (TPSA) is 74.6 Å². The predicted octanol–water partition coefficient (Wildman–Crippen LogP) is 1.09. The van der Waals surface area contributed by atoms with E-state index in [1.165, 1.54) is 3.69 Å². The summed E-state index contributed by atoms with van der Waals surface area (Å²) in [7, 11) is -0.833. The van der Waals surface area contributed by atoms with E-state index >= 15 is 0 Å². The Hall–Kier alpha value is -0.484. The summed E-state index contributed by atoms with van der Waals surface area (Å²) in [5.41, 5.74) is 0. The fourth-order valence-electron chi connectivity index (χ4n) is 1.09. The van der Waals surface area contributed by atoms with E-state index in [2.05, 4.69) is 12.1 Å². The molecule has 1 aromatic rings. The highest BCUT2D eigenvalue weighted by Crippen LogP contribution is 1.89. The normalized spacial score (nSPS) is 8.60. The molecule has 0 saturated heterocycles. The molecule has 0 heterocycles. The van der Waals surface area contributed by atoms with Gasteiger partial charge in [0, 0.05) is 6.42 Å².